The molecule has 3 N–H and O–H groups in total. The third kappa shape index (κ3) is 5.41. The van der Waals surface area contributed by atoms with Gasteiger partial charge in [0.15, 0.2) is 5.82 Å². The van der Waals surface area contributed by atoms with Gasteiger partial charge in [0, 0.05) is 37.7 Å². The molecule has 12 nitrogen and oxygen atoms in total. The predicted octanol–water partition coefficient (Wildman–Crippen LogP) is 3.61. The van der Waals surface area contributed by atoms with Crippen molar-refractivity contribution in [3.63, 3.8) is 0 Å². The Labute approximate surface area is 238 Å². The molecule has 3 aromatic heterocycles. The van der Waals surface area contributed by atoms with Gasteiger partial charge in [-0.1, -0.05) is 18.2 Å². The summed E-state index contributed by atoms with van der Waals surface area (Å²) in [6.07, 6.45) is 6.94. The number of esters is 1. The molecule has 0 amide bonds. The van der Waals surface area contributed by atoms with E-state index in [-0.39, 0.29) is 36.3 Å². The molecule has 0 saturated heterocycles. The Bertz CT molecular complexity index is 1880. The molecular weight excluding hydrogens is 543 g/mol. The summed E-state index contributed by atoms with van der Waals surface area (Å²) in [5, 5.41) is 7.65. The number of aryl methyl sites for hydroxylation is 1. The van der Waals surface area contributed by atoms with Crippen molar-refractivity contribution in [2.45, 2.75) is 25.4 Å². The Balaban J connectivity index is 1.48. The van der Waals surface area contributed by atoms with Crippen molar-refractivity contribution >= 4 is 34.3 Å². The Kier molecular flexibility index (Phi) is 7.08. The van der Waals surface area contributed by atoms with E-state index in [0.717, 1.165) is 18.4 Å². The van der Waals surface area contributed by atoms with E-state index < -0.39 is 17.3 Å². The van der Waals surface area contributed by atoms with E-state index in [0.29, 0.717) is 33.8 Å². The number of ether oxygens (including phenoxy) is 2. The van der Waals surface area contributed by atoms with Crippen molar-refractivity contribution in [3.05, 3.63) is 82.3 Å². The lowest BCUT2D eigenvalue weighted by Crippen LogP contribution is -2.21. The minimum atomic E-state index is -0.614. The summed E-state index contributed by atoms with van der Waals surface area (Å²) < 4.78 is 28.6. The molecule has 2 aromatic carbocycles. The molecule has 1 saturated carbocycles. The second-order valence-corrected chi connectivity index (χ2v) is 10.00. The first-order chi connectivity index (χ1) is 20.3. The number of carbonyl (C=O) groups is 1. The minimum Gasteiger partial charge on any atom is -0.459 e. The summed E-state index contributed by atoms with van der Waals surface area (Å²) in [6.45, 7) is -0.516. The number of halogens is 1. The van der Waals surface area contributed by atoms with Crippen molar-refractivity contribution in [2.75, 3.05) is 24.8 Å². The fraction of sp³-hybridized carbons (Fsp3) is 0.241. The normalized spacial score (nSPS) is 12.9. The minimum absolute atomic E-state index is 0.0259. The summed E-state index contributed by atoms with van der Waals surface area (Å²) >= 11 is 0. The van der Waals surface area contributed by atoms with Crippen LogP contribution in [0.1, 0.15) is 29.9 Å². The van der Waals surface area contributed by atoms with Crippen molar-refractivity contribution in [3.8, 4) is 17.1 Å². The third-order valence-corrected chi connectivity index (χ3v) is 6.93. The van der Waals surface area contributed by atoms with Gasteiger partial charge in [0.05, 0.1) is 23.0 Å². The number of anilines is 3. The Morgan fingerprint density at radius 3 is 2.76 bits per heavy atom. The first-order valence-corrected chi connectivity index (χ1v) is 13.2. The number of fused-ring (bicyclic) bond motifs is 1. The van der Waals surface area contributed by atoms with Crippen LogP contribution in [0.15, 0.2) is 59.8 Å². The van der Waals surface area contributed by atoms with Gasteiger partial charge in [-0.25, -0.2) is 9.18 Å². The highest BCUT2D eigenvalue weighted by Crippen LogP contribution is 2.41. The van der Waals surface area contributed by atoms with Crippen LogP contribution in [-0.2, 0) is 27.9 Å². The van der Waals surface area contributed by atoms with Crippen molar-refractivity contribution in [1.82, 2.24) is 29.3 Å². The molecule has 6 rings (SSSR count). The number of aromatic nitrogens is 6. The molecule has 1 fully saturated rings. The third-order valence-electron chi connectivity index (χ3n) is 6.93. The number of carbonyl (C=O) groups excluding carboxylic acids is 1. The van der Waals surface area contributed by atoms with Gasteiger partial charge in [-0.05, 0) is 47.9 Å². The van der Waals surface area contributed by atoms with Crippen LogP contribution in [0.4, 0.5) is 22.0 Å². The van der Waals surface area contributed by atoms with Crippen LogP contribution in [-0.4, -0.2) is 49.0 Å². The van der Waals surface area contributed by atoms with Crippen LogP contribution in [0.3, 0.4) is 0 Å². The predicted molar refractivity (Wildman–Crippen MR) is 153 cm³/mol. The van der Waals surface area contributed by atoms with Crippen LogP contribution in [0, 0.1) is 5.82 Å². The number of rotatable bonds is 9. The van der Waals surface area contributed by atoms with Crippen molar-refractivity contribution < 1.29 is 18.7 Å². The van der Waals surface area contributed by atoms with Gasteiger partial charge in [0.2, 0.25) is 11.9 Å². The largest absolute Gasteiger partial charge is 0.459 e. The number of methoxy groups -OCH3 is 1. The van der Waals surface area contributed by atoms with Crippen LogP contribution in [0.5, 0.6) is 0 Å². The molecule has 0 spiro atoms. The van der Waals surface area contributed by atoms with Gasteiger partial charge in [-0.15, -0.1) is 0 Å². The Morgan fingerprint density at radius 1 is 1.19 bits per heavy atom. The number of nitrogens with one attached hydrogen (secondary N) is 1. The summed E-state index contributed by atoms with van der Waals surface area (Å²) in [5.41, 5.74) is 8.19. The monoisotopic (exact) mass is 570 g/mol. The average Bonchev–Trinajstić information content (AvgIpc) is 3.73. The van der Waals surface area contributed by atoms with E-state index in [1.807, 2.05) is 6.07 Å². The lowest BCUT2D eigenvalue weighted by Gasteiger charge is -2.17. The molecule has 13 heteroatoms. The highest BCUT2D eigenvalue weighted by molar-refractivity contribution is 5.84. The first kappa shape index (κ1) is 27.0. The standard InChI is InChI=1S/C29H27FN8O4/c1-37-13-19(12-32-37)33-29-35-26(34-28(31)36-29)20-4-3-5-23(21(20)14-42-24(39)15-41-2)38-9-8-17-10-18(16-6-7-16)11-22(30)25(17)27(38)40/h3-5,8-13,16H,6-7,14-15H2,1-2H3,(H3,31,33,34,35,36). The fourth-order valence-corrected chi connectivity index (χ4v) is 4.85. The molecule has 3 heterocycles. The van der Waals surface area contributed by atoms with E-state index in [2.05, 4.69) is 25.4 Å². The van der Waals surface area contributed by atoms with Crippen LogP contribution in [0.2, 0.25) is 0 Å². The maximum atomic E-state index is 15.3. The molecule has 1 aliphatic rings. The van der Waals surface area contributed by atoms with Crippen LogP contribution < -0.4 is 16.6 Å². The maximum absolute atomic E-state index is 15.3. The molecule has 0 radical (unpaired) electrons. The summed E-state index contributed by atoms with van der Waals surface area (Å²) in [7, 11) is 3.15. The van der Waals surface area contributed by atoms with Gasteiger partial charge in [0.25, 0.3) is 5.56 Å². The topological polar surface area (TPSA) is 152 Å². The molecular formula is C29H27FN8O4. The number of nitrogens with two attached hydrogens (primary N) is 1. The Hall–Kier alpha value is -5.17. The summed E-state index contributed by atoms with van der Waals surface area (Å²) in [6, 6.07) is 10.1. The zero-order chi connectivity index (χ0) is 29.4. The van der Waals surface area contributed by atoms with Gasteiger partial charge >= 0.3 is 5.97 Å². The first-order valence-electron chi connectivity index (χ1n) is 13.2. The lowest BCUT2D eigenvalue weighted by atomic mass is 10.0. The van der Waals surface area contributed by atoms with Crippen LogP contribution in [0.25, 0.3) is 27.8 Å². The molecule has 214 valence electrons. The number of hydrogen-bond acceptors (Lipinski definition) is 10. The highest BCUT2D eigenvalue weighted by atomic mass is 19.1. The van der Waals surface area contributed by atoms with E-state index in [1.165, 1.54) is 17.7 Å². The fourth-order valence-electron chi connectivity index (χ4n) is 4.85. The second-order valence-electron chi connectivity index (χ2n) is 10.00. The lowest BCUT2D eigenvalue weighted by molar-refractivity contribution is -0.149. The van der Waals surface area contributed by atoms with Crippen molar-refractivity contribution in [1.29, 1.82) is 0 Å². The van der Waals surface area contributed by atoms with E-state index in [9.17, 15) is 9.59 Å². The smallest absolute Gasteiger partial charge is 0.332 e. The molecule has 0 bridgehead atoms. The zero-order valence-corrected chi connectivity index (χ0v) is 22.9. The van der Waals surface area contributed by atoms with Gasteiger partial charge in [-0.2, -0.15) is 20.1 Å². The van der Waals surface area contributed by atoms with Crippen LogP contribution >= 0.6 is 0 Å². The second kappa shape index (κ2) is 11.0. The molecule has 0 aliphatic heterocycles. The average molecular weight is 571 g/mol. The van der Waals surface area contributed by atoms with Crippen molar-refractivity contribution in [2.24, 2.45) is 7.05 Å². The van der Waals surface area contributed by atoms with E-state index >= 15 is 4.39 Å². The van der Waals surface area contributed by atoms with E-state index in [4.69, 9.17) is 15.2 Å². The maximum Gasteiger partial charge on any atom is 0.332 e. The van der Waals surface area contributed by atoms with Gasteiger partial charge < -0.3 is 20.5 Å². The number of benzene rings is 2. The Morgan fingerprint density at radius 2 is 2.02 bits per heavy atom. The number of nitrogens with zero attached hydrogens (tertiary/aromatic N) is 6. The van der Waals surface area contributed by atoms with Gasteiger partial charge in [-0.3, -0.25) is 14.0 Å². The molecule has 5 aromatic rings. The molecule has 1 aliphatic carbocycles. The molecule has 0 unspecified atom stereocenters. The number of hydrogen-bond donors (Lipinski definition) is 2. The SMILES string of the molecule is COCC(=O)OCc1c(-c2nc(N)nc(Nc3cnn(C)c3)n2)cccc1-n1ccc2cc(C3CC3)cc(F)c2c1=O. The number of pyridine rings is 1. The van der Waals surface area contributed by atoms with E-state index in [1.54, 1.807) is 54.6 Å². The number of nitrogen functional groups attached to an aromatic ring is 1. The zero-order valence-electron chi connectivity index (χ0n) is 22.9. The highest BCUT2D eigenvalue weighted by Gasteiger charge is 2.26. The quantitative estimate of drug-likeness (QED) is 0.251. The summed E-state index contributed by atoms with van der Waals surface area (Å²) in [5.74, 6) is -0.583. The molecule has 0 atom stereocenters. The summed E-state index contributed by atoms with van der Waals surface area (Å²) in [4.78, 5) is 39.0. The molecule has 42 heavy (non-hydrogen) atoms. The van der Waals surface area contributed by atoms with Gasteiger partial charge in [0.1, 0.15) is 19.0 Å².